The summed E-state index contributed by atoms with van der Waals surface area (Å²) in [5.74, 6) is -1.12. The molecule has 0 aromatic heterocycles. The van der Waals surface area contributed by atoms with Crippen molar-refractivity contribution in [1.82, 2.24) is 15.1 Å². The summed E-state index contributed by atoms with van der Waals surface area (Å²) in [6.45, 7) is 8.74. The third-order valence-corrected chi connectivity index (χ3v) is 4.08. The maximum atomic E-state index is 12.2. The summed E-state index contributed by atoms with van der Waals surface area (Å²) >= 11 is 0. The van der Waals surface area contributed by atoms with E-state index in [0.717, 1.165) is 32.5 Å². The van der Waals surface area contributed by atoms with Crippen molar-refractivity contribution in [2.45, 2.75) is 45.7 Å². The third kappa shape index (κ3) is 4.37. The van der Waals surface area contributed by atoms with E-state index in [0.29, 0.717) is 0 Å². The van der Waals surface area contributed by atoms with Gasteiger partial charge in [-0.2, -0.15) is 0 Å². The molecule has 0 bridgehead atoms. The Morgan fingerprint density at radius 2 is 1.90 bits per heavy atom. The number of carbonyl (C=O) groups excluding carboxylic acids is 1. The van der Waals surface area contributed by atoms with E-state index in [9.17, 15) is 9.59 Å². The van der Waals surface area contributed by atoms with Crippen LogP contribution in [0.1, 0.15) is 33.6 Å². The molecular weight excluding hydrogens is 258 g/mol. The molecule has 20 heavy (non-hydrogen) atoms. The van der Waals surface area contributed by atoms with Gasteiger partial charge in [0, 0.05) is 26.2 Å². The number of likely N-dealkylation sites (tertiary alicyclic amines) is 1. The number of nitrogens with zero attached hydrogens (tertiary/aromatic N) is 2. The topological polar surface area (TPSA) is 72.9 Å². The van der Waals surface area contributed by atoms with Gasteiger partial charge >= 0.3 is 12.0 Å². The number of amides is 2. The fourth-order valence-electron chi connectivity index (χ4n) is 2.54. The van der Waals surface area contributed by atoms with Crippen molar-refractivity contribution in [1.29, 1.82) is 0 Å². The number of nitrogens with one attached hydrogen (secondary N) is 1. The minimum absolute atomic E-state index is 0.133. The van der Waals surface area contributed by atoms with Gasteiger partial charge in [0.15, 0.2) is 0 Å². The molecule has 116 valence electrons. The standard InChI is InChI=1S/C14H27N3O3/c1-5-17-8-6-11(7-9-17)16(4)14(20)15-12(10(2)3)13(18)19/h10-12H,5-9H2,1-4H3,(H,15,20)(H,18,19). The highest BCUT2D eigenvalue weighted by molar-refractivity contribution is 5.82. The summed E-state index contributed by atoms with van der Waals surface area (Å²) in [5.41, 5.74) is 0. The van der Waals surface area contributed by atoms with Crippen molar-refractivity contribution in [2.24, 2.45) is 5.92 Å². The Morgan fingerprint density at radius 1 is 1.35 bits per heavy atom. The number of hydrogen-bond donors (Lipinski definition) is 2. The van der Waals surface area contributed by atoms with E-state index < -0.39 is 12.0 Å². The lowest BCUT2D eigenvalue weighted by Crippen LogP contribution is -2.53. The molecule has 2 amide bonds. The minimum Gasteiger partial charge on any atom is -0.480 e. The van der Waals surface area contributed by atoms with Crippen molar-refractivity contribution >= 4 is 12.0 Å². The van der Waals surface area contributed by atoms with Crippen LogP contribution < -0.4 is 5.32 Å². The van der Waals surface area contributed by atoms with Gasteiger partial charge in [-0.3, -0.25) is 0 Å². The molecule has 1 heterocycles. The van der Waals surface area contributed by atoms with Crippen LogP contribution in [-0.4, -0.2) is 65.7 Å². The Morgan fingerprint density at radius 3 is 2.30 bits per heavy atom. The van der Waals surface area contributed by atoms with E-state index in [4.69, 9.17) is 5.11 Å². The maximum absolute atomic E-state index is 12.2. The van der Waals surface area contributed by atoms with Crippen LogP contribution in [0.2, 0.25) is 0 Å². The number of carbonyl (C=O) groups is 2. The number of aliphatic carboxylic acids is 1. The fraction of sp³-hybridized carbons (Fsp3) is 0.857. The summed E-state index contributed by atoms with van der Waals surface area (Å²) < 4.78 is 0. The minimum atomic E-state index is -0.984. The van der Waals surface area contributed by atoms with Crippen LogP contribution in [0.25, 0.3) is 0 Å². The van der Waals surface area contributed by atoms with Crippen LogP contribution in [0.3, 0.4) is 0 Å². The molecule has 1 rings (SSSR count). The van der Waals surface area contributed by atoms with Crippen molar-refractivity contribution in [3.63, 3.8) is 0 Å². The molecule has 0 aromatic carbocycles. The van der Waals surface area contributed by atoms with Crippen molar-refractivity contribution in [3.8, 4) is 0 Å². The molecule has 1 atom stereocenters. The number of urea groups is 1. The number of piperidine rings is 1. The number of carboxylic acid groups (broad SMARTS) is 1. The highest BCUT2D eigenvalue weighted by atomic mass is 16.4. The van der Waals surface area contributed by atoms with E-state index in [-0.39, 0.29) is 18.0 Å². The van der Waals surface area contributed by atoms with Crippen molar-refractivity contribution < 1.29 is 14.7 Å². The normalized spacial score (nSPS) is 18.9. The molecule has 1 unspecified atom stereocenters. The second-order valence-corrected chi connectivity index (χ2v) is 5.79. The van der Waals surface area contributed by atoms with Gasteiger partial charge in [0.2, 0.25) is 0 Å². The van der Waals surface area contributed by atoms with Gasteiger partial charge in [-0.25, -0.2) is 9.59 Å². The summed E-state index contributed by atoms with van der Waals surface area (Å²) in [7, 11) is 1.75. The smallest absolute Gasteiger partial charge is 0.326 e. The lowest BCUT2D eigenvalue weighted by atomic mass is 10.0. The van der Waals surface area contributed by atoms with Gasteiger partial charge in [0.1, 0.15) is 6.04 Å². The Hall–Kier alpha value is -1.30. The van der Waals surface area contributed by atoms with Gasteiger partial charge in [0.05, 0.1) is 0 Å². The summed E-state index contributed by atoms with van der Waals surface area (Å²) in [6, 6.07) is -0.930. The van der Waals surface area contributed by atoms with Gasteiger partial charge in [-0.05, 0) is 25.3 Å². The molecule has 0 spiro atoms. The zero-order valence-electron chi connectivity index (χ0n) is 12.9. The predicted molar refractivity (Wildman–Crippen MR) is 77.7 cm³/mol. The highest BCUT2D eigenvalue weighted by Crippen LogP contribution is 2.15. The number of hydrogen-bond acceptors (Lipinski definition) is 3. The Bertz CT molecular complexity index is 339. The number of carboxylic acids is 1. The van der Waals surface area contributed by atoms with Crippen LogP contribution in [0.15, 0.2) is 0 Å². The predicted octanol–water partition coefficient (Wildman–Crippen LogP) is 1.22. The molecule has 2 N–H and O–H groups in total. The molecule has 1 aliphatic heterocycles. The average molecular weight is 285 g/mol. The Labute approximate surface area is 121 Å². The Kier molecular flexibility index (Phi) is 6.26. The summed E-state index contributed by atoms with van der Waals surface area (Å²) in [5, 5.41) is 11.7. The molecule has 1 aliphatic rings. The Balaban J connectivity index is 2.52. The first-order chi connectivity index (χ1) is 9.36. The van der Waals surface area contributed by atoms with E-state index >= 15 is 0 Å². The van der Waals surface area contributed by atoms with E-state index in [1.54, 1.807) is 25.8 Å². The monoisotopic (exact) mass is 285 g/mol. The van der Waals surface area contributed by atoms with Gasteiger partial charge in [-0.15, -0.1) is 0 Å². The zero-order valence-corrected chi connectivity index (χ0v) is 12.9. The second-order valence-electron chi connectivity index (χ2n) is 5.79. The quantitative estimate of drug-likeness (QED) is 0.796. The molecule has 6 nitrogen and oxygen atoms in total. The average Bonchev–Trinajstić information content (AvgIpc) is 2.43. The highest BCUT2D eigenvalue weighted by Gasteiger charge is 2.29. The lowest BCUT2D eigenvalue weighted by molar-refractivity contribution is -0.140. The third-order valence-electron chi connectivity index (χ3n) is 4.08. The molecule has 0 aliphatic carbocycles. The van der Waals surface area contributed by atoms with E-state index in [2.05, 4.69) is 17.1 Å². The van der Waals surface area contributed by atoms with Crippen LogP contribution >= 0.6 is 0 Å². The van der Waals surface area contributed by atoms with Crippen molar-refractivity contribution in [3.05, 3.63) is 0 Å². The first-order valence-corrected chi connectivity index (χ1v) is 7.35. The largest absolute Gasteiger partial charge is 0.480 e. The van der Waals surface area contributed by atoms with Crippen molar-refractivity contribution in [2.75, 3.05) is 26.7 Å². The molecule has 6 heteroatoms. The van der Waals surface area contributed by atoms with Gasteiger partial charge < -0.3 is 20.2 Å². The molecule has 1 fully saturated rings. The fourth-order valence-corrected chi connectivity index (χ4v) is 2.54. The molecule has 1 saturated heterocycles. The van der Waals surface area contributed by atoms with Crippen LogP contribution in [0, 0.1) is 5.92 Å². The molecule has 0 radical (unpaired) electrons. The van der Waals surface area contributed by atoms with E-state index in [1.165, 1.54) is 0 Å². The first kappa shape index (κ1) is 16.8. The zero-order chi connectivity index (χ0) is 15.3. The maximum Gasteiger partial charge on any atom is 0.326 e. The van der Waals surface area contributed by atoms with E-state index in [1.807, 2.05) is 0 Å². The van der Waals surface area contributed by atoms with Gasteiger partial charge in [0.25, 0.3) is 0 Å². The lowest BCUT2D eigenvalue weighted by Gasteiger charge is -2.36. The number of rotatable bonds is 5. The first-order valence-electron chi connectivity index (χ1n) is 7.35. The molecule has 0 aromatic rings. The SMILES string of the molecule is CCN1CCC(N(C)C(=O)NC(C(=O)O)C(C)C)CC1. The van der Waals surface area contributed by atoms with Crippen LogP contribution in [-0.2, 0) is 4.79 Å². The second kappa shape index (κ2) is 7.47. The van der Waals surface area contributed by atoms with Crippen LogP contribution in [0.5, 0.6) is 0 Å². The van der Waals surface area contributed by atoms with Crippen LogP contribution in [0.4, 0.5) is 4.79 Å². The molecule has 0 saturated carbocycles. The summed E-state index contributed by atoms with van der Waals surface area (Å²) in [6.07, 6.45) is 1.88. The summed E-state index contributed by atoms with van der Waals surface area (Å²) in [4.78, 5) is 27.3. The molecular formula is C14H27N3O3. The van der Waals surface area contributed by atoms with Gasteiger partial charge in [-0.1, -0.05) is 20.8 Å².